The average molecular weight is 720 g/mol. The molecule has 5 rings (SSSR count). The first-order valence-corrected chi connectivity index (χ1v) is 18.9. The van der Waals surface area contributed by atoms with Crippen LogP contribution >= 0.6 is 0 Å². The van der Waals surface area contributed by atoms with Crippen molar-refractivity contribution >= 4 is 36.3 Å². The van der Waals surface area contributed by atoms with E-state index < -0.39 is 18.1 Å². The van der Waals surface area contributed by atoms with Crippen LogP contribution in [0.5, 0.6) is 0 Å². The minimum absolute atomic E-state index is 0.00155. The predicted octanol–water partition coefficient (Wildman–Crippen LogP) is 1.63. The molecule has 2 aliphatic carbocycles. The van der Waals surface area contributed by atoms with Crippen LogP contribution in [0.1, 0.15) is 76.5 Å². The molecule has 284 valence electrons. The van der Waals surface area contributed by atoms with Gasteiger partial charge in [0.05, 0.1) is 25.2 Å². The lowest BCUT2D eigenvalue weighted by Gasteiger charge is -2.46. The number of hydrogen-bond acceptors (Lipinski definition) is 8. The van der Waals surface area contributed by atoms with Gasteiger partial charge in [-0.05, 0) is 68.5 Å². The summed E-state index contributed by atoms with van der Waals surface area (Å²) in [6.07, 6.45) is 6.59. The van der Waals surface area contributed by atoms with Crippen molar-refractivity contribution < 1.29 is 28.8 Å². The van der Waals surface area contributed by atoms with E-state index in [9.17, 15) is 28.8 Å². The van der Waals surface area contributed by atoms with E-state index in [0.29, 0.717) is 57.4 Å². The zero-order valence-corrected chi connectivity index (χ0v) is 31.3. The largest absolute Gasteiger partial charge is 0.360 e. The van der Waals surface area contributed by atoms with E-state index in [4.69, 9.17) is 0 Å². The van der Waals surface area contributed by atoms with Gasteiger partial charge in [0, 0.05) is 50.3 Å². The molecule has 3 N–H and O–H groups in total. The first-order chi connectivity index (χ1) is 24.9. The van der Waals surface area contributed by atoms with Gasteiger partial charge >= 0.3 is 0 Å². The topological polar surface area (TPSA) is 151 Å². The van der Waals surface area contributed by atoms with Crippen LogP contribution in [0.15, 0.2) is 36.5 Å². The number of aryl methyl sites for hydroxylation is 1. The van der Waals surface area contributed by atoms with Gasteiger partial charge in [-0.15, -0.1) is 0 Å². The van der Waals surface area contributed by atoms with Crippen LogP contribution in [0, 0.1) is 17.3 Å². The van der Waals surface area contributed by atoms with Crippen LogP contribution in [-0.4, -0.2) is 127 Å². The quantitative estimate of drug-likeness (QED) is 0.292. The third-order valence-corrected chi connectivity index (χ3v) is 11.4. The molecule has 0 bridgehead atoms. The van der Waals surface area contributed by atoms with E-state index in [2.05, 4.69) is 28.6 Å². The number of fused-ring (bicyclic) bond motifs is 1. The molecule has 13 heteroatoms. The number of nitrogens with zero attached hydrogens (tertiary/aromatic N) is 4. The number of carbonyl (C=O) groups excluding carboxylic acids is 6. The number of piperazine rings is 2. The lowest BCUT2D eigenvalue weighted by Crippen LogP contribution is -2.60. The Morgan fingerprint density at radius 3 is 2.15 bits per heavy atom. The molecule has 13 nitrogen and oxygen atoms in total. The van der Waals surface area contributed by atoms with Crippen molar-refractivity contribution in [2.45, 2.75) is 89.9 Å². The second-order valence-corrected chi connectivity index (χ2v) is 15.9. The highest BCUT2D eigenvalue weighted by atomic mass is 16.2. The molecule has 4 unspecified atom stereocenters. The molecule has 3 fully saturated rings. The summed E-state index contributed by atoms with van der Waals surface area (Å²) >= 11 is 0. The molecule has 1 saturated carbocycles. The van der Waals surface area contributed by atoms with Gasteiger partial charge in [0.1, 0.15) is 18.4 Å². The Kier molecular flexibility index (Phi) is 12.8. The van der Waals surface area contributed by atoms with Gasteiger partial charge in [-0.1, -0.05) is 51.6 Å². The van der Waals surface area contributed by atoms with Gasteiger partial charge in [0.15, 0.2) is 0 Å². The van der Waals surface area contributed by atoms with Crippen LogP contribution in [0.2, 0.25) is 0 Å². The third-order valence-electron chi connectivity index (χ3n) is 11.4. The molecule has 2 aliphatic heterocycles. The maximum absolute atomic E-state index is 13.8. The second-order valence-electron chi connectivity index (χ2n) is 15.9. The fourth-order valence-electron chi connectivity index (χ4n) is 8.45. The molecule has 2 heterocycles. The molecule has 4 atom stereocenters. The number of aldehydes is 1. The Hall–Kier alpha value is -4.26. The van der Waals surface area contributed by atoms with Crippen LogP contribution < -0.4 is 16.0 Å². The van der Waals surface area contributed by atoms with Gasteiger partial charge in [-0.25, -0.2) is 0 Å². The summed E-state index contributed by atoms with van der Waals surface area (Å²) in [6, 6.07) is 6.26. The van der Waals surface area contributed by atoms with E-state index in [1.54, 1.807) is 16.8 Å². The molecule has 0 spiro atoms. The van der Waals surface area contributed by atoms with E-state index >= 15 is 0 Å². The molecule has 2 saturated heterocycles. The van der Waals surface area contributed by atoms with Crippen molar-refractivity contribution in [3.63, 3.8) is 0 Å². The van der Waals surface area contributed by atoms with E-state index in [1.807, 2.05) is 43.9 Å². The van der Waals surface area contributed by atoms with Crippen LogP contribution in [0.25, 0.3) is 0 Å². The second kappa shape index (κ2) is 17.0. The van der Waals surface area contributed by atoms with Gasteiger partial charge in [0.2, 0.25) is 30.0 Å². The normalized spacial score (nSPS) is 25.7. The highest BCUT2D eigenvalue weighted by Gasteiger charge is 2.41. The summed E-state index contributed by atoms with van der Waals surface area (Å²) in [5.41, 5.74) is 2.64. The molecule has 1 aromatic carbocycles. The lowest BCUT2D eigenvalue weighted by molar-refractivity contribution is -0.148. The number of rotatable bonds is 11. The number of nitrogens with one attached hydrogen (secondary N) is 3. The number of amides is 5. The van der Waals surface area contributed by atoms with Crippen LogP contribution in [0.4, 0.5) is 0 Å². The van der Waals surface area contributed by atoms with E-state index in [-0.39, 0.29) is 73.1 Å². The molecule has 52 heavy (non-hydrogen) atoms. The Morgan fingerprint density at radius 1 is 0.904 bits per heavy atom. The predicted molar refractivity (Wildman–Crippen MR) is 196 cm³/mol. The SMILES string of the molecule is C=C(C(NC(=O)CNC)C(C)(C)C)N1CCN(C(=O)C2CCC(C(=O)N3CCN(C=O)C(C(=O)NC4CCCc5ccccc54)C3)CC2)CC1C=O. The summed E-state index contributed by atoms with van der Waals surface area (Å²) in [5.74, 6) is -0.928. The summed E-state index contributed by atoms with van der Waals surface area (Å²) in [5, 5.41) is 9.07. The van der Waals surface area contributed by atoms with Crippen molar-refractivity contribution in [1.82, 2.24) is 35.6 Å². The third kappa shape index (κ3) is 8.85. The van der Waals surface area contributed by atoms with Gasteiger partial charge < -0.3 is 40.3 Å². The lowest BCUT2D eigenvalue weighted by atomic mass is 9.80. The number of hydrogen-bond donors (Lipinski definition) is 3. The van der Waals surface area contributed by atoms with Gasteiger partial charge in [0.25, 0.3) is 0 Å². The zero-order chi connectivity index (χ0) is 37.6. The first kappa shape index (κ1) is 39.0. The maximum atomic E-state index is 13.8. The van der Waals surface area contributed by atoms with Gasteiger partial charge in [-0.3, -0.25) is 24.0 Å². The first-order valence-electron chi connectivity index (χ1n) is 18.9. The molecule has 0 aromatic heterocycles. The monoisotopic (exact) mass is 719 g/mol. The minimum atomic E-state index is -0.758. The molecule has 1 aromatic rings. The average Bonchev–Trinajstić information content (AvgIpc) is 3.15. The smallest absolute Gasteiger partial charge is 0.245 e. The van der Waals surface area contributed by atoms with Crippen molar-refractivity contribution in [3.05, 3.63) is 47.7 Å². The van der Waals surface area contributed by atoms with Crippen molar-refractivity contribution in [3.8, 4) is 0 Å². The molecule has 5 amide bonds. The highest BCUT2D eigenvalue weighted by Crippen LogP contribution is 2.34. The minimum Gasteiger partial charge on any atom is -0.360 e. The summed E-state index contributed by atoms with van der Waals surface area (Å²) in [7, 11) is 1.70. The Balaban J connectivity index is 1.14. The molecular formula is C39H57N7O6. The summed E-state index contributed by atoms with van der Waals surface area (Å²) in [6.45, 7) is 12.4. The fraction of sp³-hybridized carbons (Fsp3) is 0.641. The van der Waals surface area contributed by atoms with Crippen molar-refractivity contribution in [2.24, 2.45) is 17.3 Å². The molecule has 0 radical (unpaired) electrons. The highest BCUT2D eigenvalue weighted by molar-refractivity contribution is 5.87. The van der Waals surface area contributed by atoms with Crippen LogP contribution in [-0.2, 0) is 35.2 Å². The fourth-order valence-corrected chi connectivity index (χ4v) is 8.45. The summed E-state index contributed by atoms with van der Waals surface area (Å²) in [4.78, 5) is 84.7. The number of benzene rings is 1. The standard InChI is InChI=1S/C39H57N7O6/c1-26(35(39(2,3)4)42-34(49)21-40-5)46-20-19-43(22-30(46)24-47)37(51)28-13-15-29(16-14-28)38(52)44-17-18-45(25-48)33(23-44)36(50)41-32-12-8-10-27-9-6-7-11-31(27)32/h6-7,9,11,24-25,28-30,32-33,35,40H,1,8,10,12-23H2,2-5H3,(H,41,50)(H,42,49). The molecular weight excluding hydrogens is 662 g/mol. The zero-order valence-electron chi connectivity index (χ0n) is 31.3. The van der Waals surface area contributed by atoms with E-state index in [0.717, 1.165) is 31.1 Å². The maximum Gasteiger partial charge on any atom is 0.245 e. The Bertz CT molecular complexity index is 1500. The number of carbonyl (C=O) groups is 6. The van der Waals surface area contributed by atoms with Crippen LogP contribution in [0.3, 0.4) is 0 Å². The van der Waals surface area contributed by atoms with Crippen molar-refractivity contribution in [2.75, 3.05) is 52.9 Å². The Labute approximate surface area is 307 Å². The van der Waals surface area contributed by atoms with Gasteiger partial charge in [-0.2, -0.15) is 0 Å². The van der Waals surface area contributed by atoms with E-state index in [1.165, 1.54) is 10.5 Å². The molecule has 4 aliphatic rings. The van der Waals surface area contributed by atoms with Crippen molar-refractivity contribution in [1.29, 1.82) is 0 Å². The Morgan fingerprint density at radius 2 is 1.54 bits per heavy atom. The number of likely N-dealkylation sites (N-methyl/N-ethyl adjacent to an activating group) is 1. The summed E-state index contributed by atoms with van der Waals surface area (Å²) < 4.78 is 0.